The van der Waals surface area contributed by atoms with Crippen LogP contribution in [0.1, 0.15) is 58.2 Å². The van der Waals surface area contributed by atoms with E-state index < -0.39 is 0 Å². The summed E-state index contributed by atoms with van der Waals surface area (Å²) in [5, 5.41) is 3.94. The van der Waals surface area contributed by atoms with Crippen molar-refractivity contribution in [3.05, 3.63) is 53.2 Å². The minimum atomic E-state index is 0.111. The van der Waals surface area contributed by atoms with E-state index in [1.807, 2.05) is 12.3 Å². The van der Waals surface area contributed by atoms with Gasteiger partial charge in [0, 0.05) is 17.0 Å². The monoisotopic (exact) mass is 317 g/mol. The molecule has 1 aliphatic rings. The van der Waals surface area contributed by atoms with Crippen molar-refractivity contribution in [3.63, 3.8) is 0 Å². The number of hydrogen-bond donors (Lipinski definition) is 0. The fourth-order valence-corrected chi connectivity index (χ4v) is 4.86. The van der Waals surface area contributed by atoms with E-state index in [-0.39, 0.29) is 16.2 Å². The van der Waals surface area contributed by atoms with E-state index in [1.165, 1.54) is 32.8 Å². The molecule has 0 amide bonds. The molecule has 1 heterocycles. The number of pyridine rings is 1. The van der Waals surface area contributed by atoms with E-state index in [1.54, 1.807) is 0 Å². The van der Waals surface area contributed by atoms with Gasteiger partial charge in [-0.1, -0.05) is 65.8 Å². The summed E-state index contributed by atoms with van der Waals surface area (Å²) in [6.07, 6.45) is 1.91. The molecule has 1 aromatic heterocycles. The van der Waals surface area contributed by atoms with Crippen molar-refractivity contribution < 1.29 is 0 Å². The van der Waals surface area contributed by atoms with Crippen LogP contribution in [-0.4, -0.2) is 4.98 Å². The third-order valence-corrected chi connectivity index (χ3v) is 7.49. The zero-order chi connectivity index (χ0) is 17.5. The predicted molar refractivity (Wildman–Crippen MR) is 104 cm³/mol. The van der Waals surface area contributed by atoms with Gasteiger partial charge in [-0.3, -0.25) is 4.98 Å². The first-order chi connectivity index (χ1) is 11.1. The van der Waals surface area contributed by atoms with Gasteiger partial charge >= 0.3 is 0 Å². The Labute approximate surface area is 145 Å². The van der Waals surface area contributed by atoms with Gasteiger partial charge in [-0.2, -0.15) is 0 Å². The lowest BCUT2D eigenvalue weighted by Crippen LogP contribution is -2.42. The first-order valence-corrected chi connectivity index (χ1v) is 8.93. The highest BCUT2D eigenvalue weighted by Gasteiger charge is 2.57. The third-order valence-electron chi connectivity index (χ3n) is 7.49. The molecule has 0 radical (unpaired) electrons. The fourth-order valence-electron chi connectivity index (χ4n) is 4.86. The van der Waals surface area contributed by atoms with Crippen LogP contribution in [0.2, 0.25) is 0 Å². The number of hydrogen-bond acceptors (Lipinski definition) is 1. The summed E-state index contributed by atoms with van der Waals surface area (Å²) < 4.78 is 0. The summed E-state index contributed by atoms with van der Waals surface area (Å²) in [5.41, 5.74) is 5.94. The molecule has 1 aliphatic carbocycles. The number of nitrogens with zero attached hydrogens (tertiary/aromatic N) is 1. The Balaban J connectivity index is 2.26. The maximum absolute atomic E-state index is 4.72. The molecule has 0 fully saturated rings. The largest absolute Gasteiger partial charge is 0.256 e. The Morgan fingerprint density at radius 1 is 0.875 bits per heavy atom. The Hall–Kier alpha value is -1.89. The molecular weight excluding hydrogens is 290 g/mol. The zero-order valence-corrected chi connectivity index (χ0v) is 15.9. The van der Waals surface area contributed by atoms with E-state index in [9.17, 15) is 0 Å². The normalized spacial score (nSPS) is 20.5. The molecule has 0 spiro atoms. The third kappa shape index (κ3) is 1.58. The van der Waals surface area contributed by atoms with Crippen LogP contribution in [0.5, 0.6) is 0 Å². The second-order valence-electron chi connectivity index (χ2n) is 9.05. The summed E-state index contributed by atoms with van der Waals surface area (Å²) >= 11 is 0. The van der Waals surface area contributed by atoms with Gasteiger partial charge < -0.3 is 0 Å². The van der Waals surface area contributed by atoms with Crippen LogP contribution in [0.15, 0.2) is 36.5 Å². The lowest BCUT2D eigenvalue weighted by Gasteiger charge is -2.44. The number of fused-ring (bicyclic) bond motifs is 5. The average Bonchev–Trinajstić information content (AvgIpc) is 2.62. The molecule has 0 atom stereocenters. The van der Waals surface area contributed by atoms with Crippen molar-refractivity contribution in [1.82, 2.24) is 4.98 Å². The highest BCUT2D eigenvalue weighted by molar-refractivity contribution is 6.09. The quantitative estimate of drug-likeness (QED) is 0.444. The van der Waals surface area contributed by atoms with E-state index in [4.69, 9.17) is 4.98 Å². The van der Waals surface area contributed by atoms with E-state index >= 15 is 0 Å². The van der Waals surface area contributed by atoms with Gasteiger partial charge in [0.1, 0.15) is 0 Å². The van der Waals surface area contributed by atoms with Crippen LogP contribution in [0, 0.1) is 12.3 Å². The molecule has 0 aliphatic heterocycles. The summed E-state index contributed by atoms with van der Waals surface area (Å²) in [6.45, 7) is 16.7. The highest BCUT2D eigenvalue weighted by atomic mass is 14.7. The molecule has 0 bridgehead atoms. The summed E-state index contributed by atoms with van der Waals surface area (Å²) in [7, 11) is 0. The molecule has 3 aromatic rings. The van der Waals surface area contributed by atoms with Crippen molar-refractivity contribution in [2.75, 3.05) is 0 Å². The van der Waals surface area contributed by atoms with Gasteiger partial charge in [0.2, 0.25) is 0 Å². The lowest BCUT2D eigenvalue weighted by molar-refractivity contribution is 0.125. The number of aromatic nitrogens is 1. The lowest BCUT2D eigenvalue weighted by atomic mass is 9.59. The molecule has 1 heteroatoms. The second kappa shape index (κ2) is 4.39. The summed E-state index contributed by atoms with van der Waals surface area (Å²) in [6, 6.07) is 11.2. The highest BCUT2D eigenvalue weighted by Crippen LogP contribution is 2.63. The first-order valence-electron chi connectivity index (χ1n) is 8.93. The Morgan fingerprint density at radius 2 is 1.58 bits per heavy atom. The standard InChI is InChI=1S/C23H27N/c1-14-13-17-19(22(4,5)23(6,7)21(17,2)3)16-11-10-15-9-8-12-24-20(15)18(14)16/h8-13H,1-7H3. The molecule has 124 valence electrons. The number of rotatable bonds is 0. The van der Waals surface area contributed by atoms with Gasteiger partial charge in [-0.25, -0.2) is 0 Å². The zero-order valence-electron chi connectivity index (χ0n) is 15.9. The molecule has 24 heavy (non-hydrogen) atoms. The average molecular weight is 317 g/mol. The van der Waals surface area contributed by atoms with E-state index in [2.05, 4.69) is 72.7 Å². The van der Waals surface area contributed by atoms with Crippen molar-refractivity contribution in [2.45, 2.75) is 59.3 Å². The Kier molecular flexibility index (Phi) is 2.86. The minimum Gasteiger partial charge on any atom is -0.256 e. The minimum absolute atomic E-state index is 0.111. The first kappa shape index (κ1) is 15.6. The molecule has 0 unspecified atom stereocenters. The smallest absolute Gasteiger partial charge is 0.0783 e. The van der Waals surface area contributed by atoms with Gasteiger partial charge in [0.25, 0.3) is 0 Å². The molecule has 1 nitrogen and oxygen atoms in total. The van der Waals surface area contributed by atoms with Crippen LogP contribution in [0.4, 0.5) is 0 Å². The van der Waals surface area contributed by atoms with Gasteiger partial charge in [-0.15, -0.1) is 0 Å². The molecule has 2 aromatic carbocycles. The van der Waals surface area contributed by atoms with E-state index in [0.717, 1.165) is 5.52 Å². The number of benzene rings is 2. The van der Waals surface area contributed by atoms with Crippen LogP contribution < -0.4 is 0 Å². The van der Waals surface area contributed by atoms with Crippen molar-refractivity contribution in [1.29, 1.82) is 0 Å². The Morgan fingerprint density at radius 3 is 2.29 bits per heavy atom. The SMILES string of the molecule is Cc1cc2c(c3ccc4cccnc4c13)C(C)(C)C(C)(C)C2(C)C. The summed E-state index contributed by atoms with van der Waals surface area (Å²) in [4.78, 5) is 4.72. The van der Waals surface area contributed by atoms with Crippen molar-refractivity contribution in [3.8, 4) is 0 Å². The number of aryl methyl sites for hydroxylation is 1. The van der Waals surface area contributed by atoms with Gasteiger partial charge in [0.05, 0.1) is 5.52 Å². The van der Waals surface area contributed by atoms with E-state index in [0.29, 0.717) is 0 Å². The maximum atomic E-state index is 4.72. The van der Waals surface area contributed by atoms with Crippen molar-refractivity contribution in [2.24, 2.45) is 5.41 Å². The topological polar surface area (TPSA) is 12.9 Å². The molecular formula is C23H27N. The predicted octanol–water partition coefficient (Wildman–Crippen LogP) is 6.29. The molecule has 0 saturated heterocycles. The fraction of sp³-hybridized carbons (Fsp3) is 0.435. The van der Waals surface area contributed by atoms with Crippen LogP contribution in [-0.2, 0) is 10.8 Å². The maximum Gasteiger partial charge on any atom is 0.0783 e. The van der Waals surface area contributed by atoms with Crippen molar-refractivity contribution >= 4 is 21.7 Å². The second-order valence-corrected chi connectivity index (χ2v) is 9.05. The Bertz CT molecular complexity index is 990. The van der Waals surface area contributed by atoms with Gasteiger partial charge in [-0.05, 0) is 51.3 Å². The van der Waals surface area contributed by atoms with Crippen LogP contribution >= 0.6 is 0 Å². The van der Waals surface area contributed by atoms with Crippen LogP contribution in [0.25, 0.3) is 21.7 Å². The molecule has 0 N–H and O–H groups in total. The van der Waals surface area contributed by atoms with Crippen LogP contribution in [0.3, 0.4) is 0 Å². The summed E-state index contributed by atoms with van der Waals surface area (Å²) in [5.74, 6) is 0. The molecule has 4 rings (SSSR count). The molecule has 0 saturated carbocycles. The van der Waals surface area contributed by atoms with Gasteiger partial charge in [0.15, 0.2) is 0 Å².